The van der Waals surface area contributed by atoms with Crippen LogP contribution in [0.3, 0.4) is 0 Å². The molecule has 3 nitrogen and oxygen atoms in total. The van der Waals surface area contributed by atoms with Gasteiger partial charge in [-0.3, -0.25) is 0 Å². The number of halogens is 1. The van der Waals surface area contributed by atoms with Crippen molar-refractivity contribution in [1.82, 2.24) is 0 Å². The van der Waals surface area contributed by atoms with E-state index >= 15 is 0 Å². The van der Waals surface area contributed by atoms with Crippen LogP contribution in [0.4, 0.5) is 4.39 Å². The molecule has 4 rings (SSSR count). The van der Waals surface area contributed by atoms with Crippen molar-refractivity contribution in [2.45, 2.75) is 50.9 Å². The number of nitrogens with zero attached hydrogens (tertiary/aromatic N) is 1. The van der Waals surface area contributed by atoms with Gasteiger partial charge in [0.15, 0.2) is 0 Å². The molecule has 4 heteroatoms. The summed E-state index contributed by atoms with van der Waals surface area (Å²) in [6.07, 6.45) is 6.03. The van der Waals surface area contributed by atoms with Gasteiger partial charge in [-0.1, -0.05) is 49.4 Å². The monoisotopic (exact) mass is 441 g/mol. The molecule has 1 fully saturated rings. The molecule has 0 unspecified atom stereocenters. The highest BCUT2D eigenvalue weighted by Gasteiger charge is 2.24. The SMILES string of the molecule is C[C@@H](CC1CCC(c2ccc(C(=O)Oc3ccc(C#N)c(F)c3)cc2)CC1)c1ccccc1. The van der Waals surface area contributed by atoms with E-state index < -0.39 is 11.8 Å². The zero-order valence-corrected chi connectivity index (χ0v) is 18.8. The van der Waals surface area contributed by atoms with Gasteiger partial charge < -0.3 is 4.74 Å². The van der Waals surface area contributed by atoms with Crippen LogP contribution in [0, 0.1) is 23.1 Å². The Hall–Kier alpha value is -3.45. The maximum Gasteiger partial charge on any atom is 0.343 e. The van der Waals surface area contributed by atoms with Crippen LogP contribution in [0.25, 0.3) is 0 Å². The molecule has 1 saturated carbocycles. The van der Waals surface area contributed by atoms with Gasteiger partial charge in [0.25, 0.3) is 0 Å². The molecule has 3 aromatic carbocycles. The third-order valence-electron chi connectivity index (χ3n) is 6.79. The number of carbonyl (C=O) groups excluding carboxylic acids is 1. The second kappa shape index (κ2) is 10.4. The molecule has 0 N–H and O–H groups in total. The van der Waals surface area contributed by atoms with E-state index in [0.717, 1.165) is 12.0 Å². The summed E-state index contributed by atoms with van der Waals surface area (Å²) in [5.74, 6) is 0.715. The Balaban J connectivity index is 1.30. The maximum absolute atomic E-state index is 13.7. The van der Waals surface area contributed by atoms with Crippen molar-refractivity contribution in [3.8, 4) is 11.8 Å². The molecule has 0 radical (unpaired) electrons. The highest BCUT2D eigenvalue weighted by Crippen LogP contribution is 2.39. The Kier molecular flexibility index (Phi) is 7.19. The summed E-state index contributed by atoms with van der Waals surface area (Å²) in [5, 5.41) is 8.80. The lowest BCUT2D eigenvalue weighted by molar-refractivity contribution is 0.0734. The molecule has 1 aliphatic rings. The summed E-state index contributed by atoms with van der Waals surface area (Å²) in [5.41, 5.74) is 3.02. The molecular weight excluding hydrogens is 413 g/mol. The number of esters is 1. The molecular formula is C29H28FNO2. The van der Waals surface area contributed by atoms with Gasteiger partial charge in [0.05, 0.1) is 11.1 Å². The Labute approximate surface area is 194 Å². The first-order chi connectivity index (χ1) is 16.0. The number of carbonyl (C=O) groups is 1. The van der Waals surface area contributed by atoms with Gasteiger partial charge in [-0.2, -0.15) is 5.26 Å². The lowest BCUT2D eigenvalue weighted by Crippen LogP contribution is -2.15. The van der Waals surface area contributed by atoms with Crippen molar-refractivity contribution in [2.75, 3.05) is 0 Å². The van der Waals surface area contributed by atoms with Gasteiger partial charge in [-0.25, -0.2) is 9.18 Å². The van der Waals surface area contributed by atoms with Crippen LogP contribution in [0.5, 0.6) is 5.75 Å². The fourth-order valence-electron chi connectivity index (χ4n) is 4.86. The molecule has 0 aliphatic heterocycles. The molecule has 1 aliphatic carbocycles. The van der Waals surface area contributed by atoms with Gasteiger partial charge in [-0.05, 0) is 85.3 Å². The van der Waals surface area contributed by atoms with Crippen molar-refractivity contribution in [3.05, 3.63) is 101 Å². The van der Waals surface area contributed by atoms with Gasteiger partial charge >= 0.3 is 5.97 Å². The van der Waals surface area contributed by atoms with E-state index in [2.05, 4.69) is 37.3 Å². The molecule has 0 aromatic heterocycles. The Morgan fingerprint density at radius 1 is 1.03 bits per heavy atom. The molecule has 1 atom stereocenters. The second-order valence-electron chi connectivity index (χ2n) is 9.03. The van der Waals surface area contributed by atoms with Crippen LogP contribution in [0.15, 0.2) is 72.8 Å². The minimum atomic E-state index is -0.702. The number of nitriles is 1. The topological polar surface area (TPSA) is 50.1 Å². The molecule has 3 aromatic rings. The summed E-state index contributed by atoms with van der Waals surface area (Å²) in [4.78, 5) is 12.4. The molecule has 0 saturated heterocycles. The normalized spacial score (nSPS) is 18.8. The number of ether oxygens (including phenoxy) is 1. The van der Waals surface area contributed by atoms with Crippen LogP contribution in [-0.2, 0) is 0 Å². The summed E-state index contributed by atoms with van der Waals surface area (Å²) < 4.78 is 19.0. The van der Waals surface area contributed by atoms with Crippen LogP contribution in [0.1, 0.15) is 77.9 Å². The van der Waals surface area contributed by atoms with E-state index in [1.165, 1.54) is 55.4 Å². The predicted molar refractivity (Wildman–Crippen MR) is 127 cm³/mol. The number of rotatable bonds is 6. The van der Waals surface area contributed by atoms with Crippen molar-refractivity contribution < 1.29 is 13.9 Å². The van der Waals surface area contributed by atoms with Crippen LogP contribution >= 0.6 is 0 Å². The highest BCUT2D eigenvalue weighted by molar-refractivity contribution is 5.91. The first kappa shape index (κ1) is 22.7. The summed E-state index contributed by atoms with van der Waals surface area (Å²) in [6, 6.07) is 23.9. The van der Waals surface area contributed by atoms with E-state index in [4.69, 9.17) is 10.00 Å². The minimum absolute atomic E-state index is 0.0802. The Morgan fingerprint density at radius 3 is 2.36 bits per heavy atom. The largest absolute Gasteiger partial charge is 0.423 e. The van der Waals surface area contributed by atoms with E-state index in [9.17, 15) is 9.18 Å². The molecule has 33 heavy (non-hydrogen) atoms. The van der Waals surface area contributed by atoms with E-state index in [1.807, 2.05) is 12.1 Å². The number of benzene rings is 3. The van der Waals surface area contributed by atoms with Gasteiger partial charge in [-0.15, -0.1) is 0 Å². The number of hydrogen-bond acceptors (Lipinski definition) is 3. The summed E-state index contributed by atoms with van der Waals surface area (Å²) in [6.45, 7) is 2.32. The molecule has 0 heterocycles. The fraction of sp³-hybridized carbons (Fsp3) is 0.310. The van der Waals surface area contributed by atoms with Crippen LogP contribution in [0.2, 0.25) is 0 Å². The average Bonchev–Trinajstić information content (AvgIpc) is 2.85. The van der Waals surface area contributed by atoms with E-state index in [0.29, 0.717) is 17.4 Å². The third-order valence-corrected chi connectivity index (χ3v) is 6.79. The first-order valence-electron chi connectivity index (χ1n) is 11.6. The molecule has 0 bridgehead atoms. The van der Waals surface area contributed by atoms with Crippen molar-refractivity contribution in [1.29, 1.82) is 5.26 Å². The standard InChI is InChI=1S/C29H28FNO2/c1-20(22-5-3-2-4-6-22)17-21-7-9-23(10-8-21)24-11-13-25(14-12-24)29(32)33-27-16-15-26(19-31)28(30)18-27/h2-6,11-16,18,20-21,23H,7-10,17H2,1H3/t20-,21?,23?/m0/s1. The Bertz CT molecular complexity index is 1130. The summed E-state index contributed by atoms with van der Waals surface area (Å²) >= 11 is 0. The van der Waals surface area contributed by atoms with Gasteiger partial charge in [0.2, 0.25) is 0 Å². The quantitative estimate of drug-likeness (QED) is 0.296. The minimum Gasteiger partial charge on any atom is -0.423 e. The smallest absolute Gasteiger partial charge is 0.343 e. The number of hydrogen-bond donors (Lipinski definition) is 0. The predicted octanol–water partition coefficient (Wildman–Crippen LogP) is 7.38. The van der Waals surface area contributed by atoms with Crippen molar-refractivity contribution >= 4 is 5.97 Å². The average molecular weight is 442 g/mol. The maximum atomic E-state index is 13.7. The Morgan fingerprint density at radius 2 is 1.73 bits per heavy atom. The third kappa shape index (κ3) is 5.68. The summed E-state index contributed by atoms with van der Waals surface area (Å²) in [7, 11) is 0. The van der Waals surface area contributed by atoms with Crippen molar-refractivity contribution in [3.63, 3.8) is 0 Å². The van der Waals surface area contributed by atoms with E-state index in [-0.39, 0.29) is 11.3 Å². The van der Waals surface area contributed by atoms with Gasteiger partial charge in [0, 0.05) is 6.07 Å². The zero-order chi connectivity index (χ0) is 23.2. The second-order valence-corrected chi connectivity index (χ2v) is 9.03. The van der Waals surface area contributed by atoms with Crippen molar-refractivity contribution in [2.24, 2.45) is 5.92 Å². The zero-order valence-electron chi connectivity index (χ0n) is 18.8. The van der Waals surface area contributed by atoms with Crippen LogP contribution in [-0.4, -0.2) is 5.97 Å². The lowest BCUT2D eigenvalue weighted by Gasteiger charge is -2.30. The highest BCUT2D eigenvalue weighted by atomic mass is 19.1. The molecule has 0 amide bonds. The lowest BCUT2D eigenvalue weighted by atomic mass is 9.75. The molecule has 168 valence electrons. The molecule has 0 spiro atoms. The van der Waals surface area contributed by atoms with E-state index in [1.54, 1.807) is 18.2 Å². The fourth-order valence-corrected chi connectivity index (χ4v) is 4.86. The van der Waals surface area contributed by atoms with Crippen LogP contribution < -0.4 is 4.74 Å². The van der Waals surface area contributed by atoms with Gasteiger partial charge in [0.1, 0.15) is 17.6 Å². The first-order valence-corrected chi connectivity index (χ1v) is 11.6.